The van der Waals surface area contributed by atoms with Gasteiger partial charge in [-0.25, -0.2) is 4.39 Å². The lowest BCUT2D eigenvalue weighted by molar-refractivity contribution is 0.102. The van der Waals surface area contributed by atoms with Crippen molar-refractivity contribution in [3.8, 4) is 0 Å². The van der Waals surface area contributed by atoms with Crippen molar-refractivity contribution >= 4 is 23.1 Å². The highest BCUT2D eigenvalue weighted by Gasteiger charge is 2.19. The van der Waals surface area contributed by atoms with Gasteiger partial charge >= 0.3 is 0 Å². The molecule has 0 radical (unpaired) electrons. The van der Waals surface area contributed by atoms with Crippen molar-refractivity contribution in [2.45, 2.75) is 6.92 Å². The number of aromatic nitrogens is 2. The Morgan fingerprint density at radius 1 is 1.04 bits per heavy atom. The summed E-state index contributed by atoms with van der Waals surface area (Å²) >= 11 is 0. The average Bonchev–Trinajstić information content (AvgIpc) is 3.13. The molecule has 1 amide bonds. The van der Waals surface area contributed by atoms with Crippen molar-refractivity contribution in [1.82, 2.24) is 10.1 Å². The Labute approximate surface area is 161 Å². The van der Waals surface area contributed by atoms with Gasteiger partial charge in [0.1, 0.15) is 11.6 Å². The van der Waals surface area contributed by atoms with Crippen molar-refractivity contribution < 1.29 is 13.7 Å². The zero-order chi connectivity index (χ0) is 19.5. The molecule has 0 aliphatic carbocycles. The molecule has 1 aliphatic rings. The molecule has 1 fully saturated rings. The van der Waals surface area contributed by atoms with Crippen LogP contribution in [-0.4, -0.2) is 42.2 Å². The summed E-state index contributed by atoms with van der Waals surface area (Å²) in [5, 5.41) is 6.47. The number of amides is 1. The van der Waals surface area contributed by atoms with Gasteiger partial charge in [0.25, 0.3) is 5.91 Å². The van der Waals surface area contributed by atoms with Crippen LogP contribution in [0.4, 0.5) is 21.6 Å². The Balaban J connectivity index is 1.40. The number of aryl methyl sites for hydroxylation is 1. The first-order chi connectivity index (χ1) is 13.6. The molecule has 2 aromatic heterocycles. The summed E-state index contributed by atoms with van der Waals surface area (Å²) in [6.07, 6.45) is 3.28. The van der Waals surface area contributed by atoms with Crippen molar-refractivity contribution in [3.63, 3.8) is 0 Å². The molecular formula is C20H20FN5O2. The molecule has 1 N–H and O–H groups in total. The third-order valence-corrected chi connectivity index (χ3v) is 4.69. The Hall–Kier alpha value is -3.42. The molecular weight excluding hydrogens is 361 g/mol. The molecule has 28 heavy (non-hydrogen) atoms. The first-order valence-corrected chi connectivity index (χ1v) is 9.04. The molecule has 7 nitrogen and oxygen atoms in total. The van der Waals surface area contributed by atoms with Crippen LogP contribution < -0.4 is 15.1 Å². The van der Waals surface area contributed by atoms with Gasteiger partial charge in [-0.15, -0.1) is 0 Å². The summed E-state index contributed by atoms with van der Waals surface area (Å²) in [5.41, 5.74) is 2.36. The molecule has 0 spiro atoms. The Kier molecular flexibility index (Phi) is 4.92. The number of hydrogen-bond acceptors (Lipinski definition) is 6. The highest BCUT2D eigenvalue weighted by atomic mass is 19.1. The molecule has 144 valence electrons. The molecule has 4 rings (SSSR count). The molecule has 0 saturated carbocycles. The predicted molar refractivity (Wildman–Crippen MR) is 104 cm³/mol. The topological polar surface area (TPSA) is 74.5 Å². The van der Waals surface area contributed by atoms with Crippen molar-refractivity contribution in [1.29, 1.82) is 0 Å². The zero-order valence-electron chi connectivity index (χ0n) is 15.4. The number of nitrogens with zero attached hydrogens (tertiary/aromatic N) is 4. The van der Waals surface area contributed by atoms with E-state index in [2.05, 4.69) is 25.3 Å². The number of anilines is 3. The minimum absolute atomic E-state index is 0.232. The second kappa shape index (κ2) is 7.67. The van der Waals surface area contributed by atoms with Gasteiger partial charge in [-0.05, 0) is 37.3 Å². The van der Waals surface area contributed by atoms with Gasteiger partial charge in [-0.2, -0.15) is 0 Å². The third-order valence-electron chi connectivity index (χ3n) is 4.69. The van der Waals surface area contributed by atoms with Gasteiger partial charge in [0.05, 0.1) is 17.4 Å². The Morgan fingerprint density at radius 2 is 1.71 bits per heavy atom. The van der Waals surface area contributed by atoms with Crippen molar-refractivity contribution in [2.75, 3.05) is 41.3 Å². The number of carbonyl (C=O) groups is 1. The first kappa shape index (κ1) is 18.0. The molecule has 1 aromatic carbocycles. The second-order valence-corrected chi connectivity index (χ2v) is 6.66. The summed E-state index contributed by atoms with van der Waals surface area (Å²) in [6.45, 7) is 4.94. The molecule has 1 aliphatic heterocycles. The van der Waals surface area contributed by atoms with Gasteiger partial charge in [0.15, 0.2) is 5.82 Å². The van der Waals surface area contributed by atoms with E-state index in [1.165, 1.54) is 18.3 Å². The van der Waals surface area contributed by atoms with Crippen LogP contribution in [0.2, 0.25) is 0 Å². The van der Waals surface area contributed by atoms with E-state index in [0.717, 1.165) is 37.6 Å². The van der Waals surface area contributed by atoms with Gasteiger partial charge < -0.3 is 19.6 Å². The zero-order valence-corrected chi connectivity index (χ0v) is 15.4. The van der Waals surface area contributed by atoms with Gasteiger partial charge in [0, 0.05) is 44.1 Å². The molecule has 1 saturated heterocycles. The monoisotopic (exact) mass is 381 g/mol. The van der Waals surface area contributed by atoms with E-state index in [0.29, 0.717) is 17.1 Å². The van der Waals surface area contributed by atoms with E-state index >= 15 is 0 Å². The van der Waals surface area contributed by atoms with Crippen LogP contribution in [0.1, 0.15) is 16.1 Å². The Bertz CT molecular complexity index is 965. The van der Waals surface area contributed by atoms with Crippen LogP contribution >= 0.6 is 0 Å². The maximum Gasteiger partial charge on any atom is 0.258 e. The van der Waals surface area contributed by atoms with Crippen LogP contribution in [-0.2, 0) is 0 Å². The van der Waals surface area contributed by atoms with Crippen molar-refractivity contribution in [3.05, 3.63) is 65.9 Å². The maximum absolute atomic E-state index is 13.1. The number of hydrogen-bond donors (Lipinski definition) is 1. The molecule has 8 heteroatoms. The number of benzene rings is 1. The summed E-state index contributed by atoms with van der Waals surface area (Å²) < 4.78 is 18.1. The number of carbonyl (C=O) groups excluding carboxylic acids is 1. The summed E-state index contributed by atoms with van der Waals surface area (Å²) in [4.78, 5) is 21.0. The number of pyridine rings is 1. The van der Waals surface area contributed by atoms with Crippen molar-refractivity contribution in [2.24, 2.45) is 0 Å². The van der Waals surface area contributed by atoms with Gasteiger partial charge in [-0.3, -0.25) is 9.78 Å². The molecule has 0 atom stereocenters. The minimum atomic E-state index is -0.285. The molecule has 3 heterocycles. The van der Waals surface area contributed by atoms with Gasteiger partial charge in [0.2, 0.25) is 0 Å². The number of piperazine rings is 1. The summed E-state index contributed by atoms with van der Waals surface area (Å²) in [6, 6.07) is 10.0. The van der Waals surface area contributed by atoms with Crippen LogP contribution in [0, 0.1) is 12.7 Å². The van der Waals surface area contributed by atoms with E-state index in [1.807, 2.05) is 6.07 Å². The normalized spacial score (nSPS) is 14.2. The number of halogens is 1. The minimum Gasteiger partial charge on any atom is -0.368 e. The quantitative estimate of drug-likeness (QED) is 0.749. The largest absolute Gasteiger partial charge is 0.368 e. The number of rotatable bonds is 4. The summed E-state index contributed by atoms with van der Waals surface area (Å²) in [5.74, 6) is 0.485. The lowest BCUT2D eigenvalue weighted by atomic mass is 10.2. The predicted octanol–water partition coefficient (Wildman–Crippen LogP) is 3.10. The van der Waals surface area contributed by atoms with E-state index in [-0.39, 0.29) is 11.7 Å². The Morgan fingerprint density at radius 3 is 2.36 bits per heavy atom. The summed E-state index contributed by atoms with van der Waals surface area (Å²) in [7, 11) is 0. The van der Waals surface area contributed by atoms with Crippen LogP contribution in [0.5, 0.6) is 0 Å². The lowest BCUT2D eigenvalue weighted by Gasteiger charge is -2.37. The first-order valence-electron chi connectivity index (χ1n) is 9.04. The fourth-order valence-electron chi connectivity index (χ4n) is 3.21. The average molecular weight is 381 g/mol. The number of nitrogens with one attached hydrogen (secondary N) is 1. The van der Waals surface area contributed by atoms with Crippen LogP contribution in [0.25, 0.3) is 0 Å². The maximum atomic E-state index is 13.1. The standard InChI is InChI=1S/C20H20FN5O2/c1-14-10-19(24-28-14)23-20(27)15-11-18(13-22-12-15)26-8-6-25(7-9-26)17-4-2-16(21)3-5-17/h2-5,10-13H,6-9H2,1H3,(H,23,24,27). The van der Waals surface area contributed by atoms with Crippen LogP contribution in [0.15, 0.2) is 53.3 Å². The smallest absolute Gasteiger partial charge is 0.258 e. The fourth-order valence-corrected chi connectivity index (χ4v) is 3.21. The fraction of sp³-hybridized carbons (Fsp3) is 0.250. The molecule has 0 unspecified atom stereocenters. The van der Waals surface area contributed by atoms with E-state index in [4.69, 9.17) is 4.52 Å². The molecule has 0 bridgehead atoms. The third kappa shape index (κ3) is 3.95. The van der Waals surface area contributed by atoms with E-state index in [1.54, 1.807) is 31.3 Å². The lowest BCUT2D eigenvalue weighted by Crippen LogP contribution is -2.46. The van der Waals surface area contributed by atoms with E-state index < -0.39 is 0 Å². The SMILES string of the molecule is Cc1cc(NC(=O)c2cncc(N3CCN(c4ccc(F)cc4)CC3)c2)no1. The van der Waals surface area contributed by atoms with Crippen LogP contribution in [0.3, 0.4) is 0 Å². The van der Waals surface area contributed by atoms with E-state index in [9.17, 15) is 9.18 Å². The highest BCUT2D eigenvalue weighted by Crippen LogP contribution is 2.21. The highest BCUT2D eigenvalue weighted by molar-refractivity contribution is 6.04. The second-order valence-electron chi connectivity index (χ2n) is 6.66. The molecule has 3 aromatic rings. The van der Waals surface area contributed by atoms with Gasteiger partial charge in [-0.1, -0.05) is 5.16 Å².